The Kier molecular flexibility index (Phi) is 6.29. The van der Waals surface area contributed by atoms with E-state index in [1.807, 2.05) is 43.3 Å². The molecule has 1 heterocycles. The molecule has 0 unspecified atom stereocenters. The lowest BCUT2D eigenvalue weighted by atomic mass is 10.1. The van der Waals surface area contributed by atoms with Crippen molar-refractivity contribution in [1.29, 1.82) is 0 Å². The molecule has 0 aliphatic heterocycles. The van der Waals surface area contributed by atoms with Gasteiger partial charge >= 0.3 is 0 Å². The van der Waals surface area contributed by atoms with E-state index in [0.29, 0.717) is 35.4 Å². The molecule has 0 atom stereocenters. The monoisotopic (exact) mass is 392 g/mol. The van der Waals surface area contributed by atoms with E-state index in [0.717, 1.165) is 16.9 Å². The van der Waals surface area contributed by atoms with Gasteiger partial charge in [0.1, 0.15) is 5.82 Å². The molecule has 0 saturated heterocycles. The summed E-state index contributed by atoms with van der Waals surface area (Å²) in [5.74, 6) is 2.53. The first kappa shape index (κ1) is 20.1. The molecule has 0 radical (unpaired) electrons. The van der Waals surface area contributed by atoms with Crippen molar-refractivity contribution in [1.82, 2.24) is 9.97 Å². The molecule has 7 heteroatoms. The zero-order valence-electron chi connectivity index (χ0n) is 16.9. The summed E-state index contributed by atoms with van der Waals surface area (Å²) in [6.07, 6.45) is 0. The van der Waals surface area contributed by atoms with Gasteiger partial charge in [-0.2, -0.15) is 4.98 Å². The van der Waals surface area contributed by atoms with Crippen LogP contribution in [0, 0.1) is 6.92 Å². The molecule has 150 valence electrons. The Morgan fingerprint density at radius 1 is 1.00 bits per heavy atom. The SMILES string of the molecule is COc1ccc(CNc2cc(C)nc(Nc3cccc(C(C)=O)c3)n2)cc1OC. The number of ether oxygens (including phenoxy) is 2. The second-order valence-corrected chi connectivity index (χ2v) is 6.52. The van der Waals surface area contributed by atoms with Crippen LogP contribution in [-0.4, -0.2) is 30.0 Å². The number of Topliss-reactive ketones (excluding diaryl/α,β-unsaturated/α-hetero) is 1. The third-order valence-corrected chi connectivity index (χ3v) is 4.30. The molecule has 2 N–H and O–H groups in total. The van der Waals surface area contributed by atoms with Crippen molar-refractivity contribution < 1.29 is 14.3 Å². The maximum atomic E-state index is 11.6. The first-order valence-electron chi connectivity index (χ1n) is 9.17. The van der Waals surface area contributed by atoms with E-state index in [4.69, 9.17) is 9.47 Å². The zero-order valence-corrected chi connectivity index (χ0v) is 16.9. The number of benzene rings is 2. The fourth-order valence-corrected chi connectivity index (χ4v) is 2.84. The van der Waals surface area contributed by atoms with E-state index < -0.39 is 0 Å². The Bertz CT molecular complexity index is 1020. The standard InChI is InChI=1S/C22H24N4O3/c1-14-10-21(23-13-16-8-9-19(28-3)20(11-16)29-4)26-22(24-14)25-18-7-5-6-17(12-18)15(2)27/h5-12H,13H2,1-4H3,(H2,23,24,25,26). The molecule has 7 nitrogen and oxygen atoms in total. The number of methoxy groups -OCH3 is 2. The molecular weight excluding hydrogens is 368 g/mol. The van der Waals surface area contributed by atoms with E-state index in [1.54, 1.807) is 33.3 Å². The smallest absolute Gasteiger partial charge is 0.229 e. The number of carbonyl (C=O) groups excluding carboxylic acids is 1. The van der Waals surface area contributed by atoms with E-state index >= 15 is 0 Å². The number of hydrogen-bond acceptors (Lipinski definition) is 7. The number of nitrogens with zero attached hydrogens (tertiary/aromatic N) is 2. The molecule has 0 spiro atoms. The van der Waals surface area contributed by atoms with Crippen LogP contribution >= 0.6 is 0 Å². The van der Waals surface area contributed by atoms with Gasteiger partial charge in [-0.1, -0.05) is 18.2 Å². The first-order valence-corrected chi connectivity index (χ1v) is 9.17. The average Bonchev–Trinajstić information content (AvgIpc) is 2.71. The van der Waals surface area contributed by atoms with Crippen molar-refractivity contribution in [3.63, 3.8) is 0 Å². The molecule has 0 bridgehead atoms. The average molecular weight is 392 g/mol. The minimum absolute atomic E-state index is 0.0103. The molecule has 1 aromatic heterocycles. The lowest BCUT2D eigenvalue weighted by Crippen LogP contribution is -2.06. The highest BCUT2D eigenvalue weighted by atomic mass is 16.5. The molecule has 2 aromatic carbocycles. The molecule has 0 amide bonds. The van der Waals surface area contributed by atoms with E-state index in [2.05, 4.69) is 20.6 Å². The van der Waals surface area contributed by atoms with Crippen molar-refractivity contribution in [2.45, 2.75) is 20.4 Å². The van der Waals surface area contributed by atoms with Gasteiger partial charge in [0.15, 0.2) is 17.3 Å². The lowest BCUT2D eigenvalue weighted by Gasteiger charge is -2.12. The second-order valence-electron chi connectivity index (χ2n) is 6.52. The van der Waals surface area contributed by atoms with Gasteiger partial charge in [0.05, 0.1) is 14.2 Å². The normalized spacial score (nSPS) is 10.3. The third kappa shape index (κ3) is 5.22. The van der Waals surface area contributed by atoms with Gasteiger partial charge in [-0.15, -0.1) is 0 Å². The van der Waals surface area contributed by atoms with Gasteiger partial charge < -0.3 is 20.1 Å². The Labute approximate surface area is 170 Å². The maximum absolute atomic E-state index is 11.6. The highest BCUT2D eigenvalue weighted by Crippen LogP contribution is 2.28. The van der Waals surface area contributed by atoms with Crippen LogP contribution in [0.1, 0.15) is 28.5 Å². The number of aromatic nitrogens is 2. The van der Waals surface area contributed by atoms with E-state index in [-0.39, 0.29) is 5.78 Å². The summed E-state index contributed by atoms with van der Waals surface area (Å²) in [6, 6.07) is 14.9. The molecule has 3 rings (SSSR count). The number of hydrogen-bond donors (Lipinski definition) is 2. The molecule has 0 aliphatic carbocycles. The van der Waals surface area contributed by atoms with Crippen molar-refractivity contribution in [3.8, 4) is 11.5 Å². The van der Waals surface area contributed by atoms with Gasteiger partial charge in [-0.3, -0.25) is 4.79 Å². The summed E-state index contributed by atoms with van der Waals surface area (Å²) < 4.78 is 10.6. The van der Waals surface area contributed by atoms with Crippen LogP contribution in [-0.2, 0) is 6.54 Å². The minimum atomic E-state index is 0.0103. The number of anilines is 3. The third-order valence-electron chi connectivity index (χ3n) is 4.30. The Morgan fingerprint density at radius 2 is 1.79 bits per heavy atom. The van der Waals surface area contributed by atoms with Gasteiger partial charge in [0, 0.05) is 29.6 Å². The second kappa shape index (κ2) is 9.05. The predicted molar refractivity (Wildman–Crippen MR) is 113 cm³/mol. The summed E-state index contributed by atoms with van der Waals surface area (Å²) in [6.45, 7) is 4.01. The summed E-state index contributed by atoms with van der Waals surface area (Å²) in [5.41, 5.74) is 3.24. The summed E-state index contributed by atoms with van der Waals surface area (Å²) in [5, 5.41) is 6.47. The van der Waals surface area contributed by atoms with Crippen LogP contribution in [0.4, 0.5) is 17.5 Å². The van der Waals surface area contributed by atoms with Gasteiger partial charge in [-0.25, -0.2) is 4.98 Å². The quantitative estimate of drug-likeness (QED) is 0.551. The molecule has 0 fully saturated rings. The number of rotatable bonds is 8. The van der Waals surface area contributed by atoms with Gasteiger partial charge in [-0.05, 0) is 43.7 Å². The number of nitrogens with one attached hydrogen (secondary N) is 2. The highest BCUT2D eigenvalue weighted by molar-refractivity contribution is 5.95. The summed E-state index contributed by atoms with van der Waals surface area (Å²) in [7, 11) is 3.22. The van der Waals surface area contributed by atoms with Crippen LogP contribution < -0.4 is 20.1 Å². The summed E-state index contributed by atoms with van der Waals surface area (Å²) in [4.78, 5) is 20.5. The van der Waals surface area contributed by atoms with Crippen LogP contribution in [0.25, 0.3) is 0 Å². The number of aryl methyl sites for hydroxylation is 1. The Hall–Kier alpha value is -3.61. The fraction of sp³-hybridized carbons (Fsp3) is 0.227. The minimum Gasteiger partial charge on any atom is -0.493 e. The Morgan fingerprint density at radius 3 is 2.52 bits per heavy atom. The van der Waals surface area contributed by atoms with Crippen LogP contribution in [0.2, 0.25) is 0 Å². The zero-order chi connectivity index (χ0) is 20.8. The fourth-order valence-electron chi connectivity index (χ4n) is 2.84. The largest absolute Gasteiger partial charge is 0.493 e. The highest BCUT2D eigenvalue weighted by Gasteiger charge is 2.07. The van der Waals surface area contributed by atoms with E-state index in [1.165, 1.54) is 0 Å². The van der Waals surface area contributed by atoms with Gasteiger partial charge in [0.2, 0.25) is 5.95 Å². The molecule has 3 aromatic rings. The van der Waals surface area contributed by atoms with Crippen molar-refractivity contribution in [2.75, 3.05) is 24.9 Å². The first-order chi connectivity index (χ1) is 14.0. The van der Waals surface area contributed by atoms with Crippen LogP contribution in [0.5, 0.6) is 11.5 Å². The molecule has 0 saturated carbocycles. The Balaban J connectivity index is 1.74. The van der Waals surface area contributed by atoms with Crippen LogP contribution in [0.3, 0.4) is 0 Å². The number of carbonyl (C=O) groups is 1. The summed E-state index contributed by atoms with van der Waals surface area (Å²) >= 11 is 0. The molecule has 0 aliphatic rings. The van der Waals surface area contributed by atoms with E-state index in [9.17, 15) is 4.79 Å². The van der Waals surface area contributed by atoms with Crippen LogP contribution in [0.15, 0.2) is 48.5 Å². The van der Waals surface area contributed by atoms with Crippen molar-refractivity contribution in [3.05, 3.63) is 65.4 Å². The number of ketones is 1. The maximum Gasteiger partial charge on any atom is 0.229 e. The molecule has 29 heavy (non-hydrogen) atoms. The van der Waals surface area contributed by atoms with Crippen molar-refractivity contribution >= 4 is 23.2 Å². The topological polar surface area (TPSA) is 85.4 Å². The lowest BCUT2D eigenvalue weighted by molar-refractivity contribution is 0.101. The van der Waals surface area contributed by atoms with Gasteiger partial charge in [0.25, 0.3) is 0 Å². The van der Waals surface area contributed by atoms with Crippen molar-refractivity contribution in [2.24, 2.45) is 0 Å². The predicted octanol–water partition coefficient (Wildman–Crippen LogP) is 4.36. The molecular formula is C22H24N4O3.